The van der Waals surface area contributed by atoms with Gasteiger partial charge < -0.3 is 10.2 Å². The lowest BCUT2D eigenvalue weighted by atomic mass is 10.2. The van der Waals surface area contributed by atoms with Crippen LogP contribution in [0.3, 0.4) is 0 Å². The number of benzene rings is 1. The van der Waals surface area contributed by atoms with E-state index in [2.05, 4.69) is 10.3 Å². The standard InChI is InChI=1S/C10H9N3O3/c14-8-3-1-2-7(4-8)5-13-6-9(10(15)16)11-12-13/h1-4,6,14H,5H2,(H,15,16). The molecule has 1 aromatic heterocycles. The van der Waals surface area contributed by atoms with Crippen molar-refractivity contribution in [2.45, 2.75) is 6.54 Å². The number of phenolic OH excluding ortho intramolecular Hbond substituents is 1. The minimum Gasteiger partial charge on any atom is -0.508 e. The van der Waals surface area contributed by atoms with Gasteiger partial charge >= 0.3 is 5.97 Å². The van der Waals surface area contributed by atoms with Crippen molar-refractivity contribution in [1.82, 2.24) is 15.0 Å². The molecule has 0 aliphatic carbocycles. The second-order valence-electron chi connectivity index (χ2n) is 3.28. The molecule has 0 radical (unpaired) electrons. The summed E-state index contributed by atoms with van der Waals surface area (Å²) in [5.41, 5.74) is 0.724. The van der Waals surface area contributed by atoms with E-state index in [1.165, 1.54) is 10.9 Å². The molecular weight excluding hydrogens is 210 g/mol. The Balaban J connectivity index is 2.17. The van der Waals surface area contributed by atoms with E-state index >= 15 is 0 Å². The molecule has 2 aromatic rings. The van der Waals surface area contributed by atoms with Crippen molar-refractivity contribution < 1.29 is 15.0 Å². The summed E-state index contributed by atoms with van der Waals surface area (Å²) < 4.78 is 1.40. The van der Waals surface area contributed by atoms with E-state index in [0.717, 1.165) is 5.56 Å². The van der Waals surface area contributed by atoms with Crippen LogP contribution in [-0.2, 0) is 6.54 Å². The third-order valence-corrected chi connectivity index (χ3v) is 2.01. The smallest absolute Gasteiger partial charge is 0.358 e. The number of nitrogens with zero attached hydrogens (tertiary/aromatic N) is 3. The fourth-order valence-corrected chi connectivity index (χ4v) is 1.32. The molecule has 0 atom stereocenters. The number of carboxylic acid groups (broad SMARTS) is 1. The van der Waals surface area contributed by atoms with Gasteiger partial charge in [0.15, 0.2) is 5.69 Å². The summed E-state index contributed by atoms with van der Waals surface area (Å²) in [7, 11) is 0. The minimum atomic E-state index is -1.11. The Hall–Kier alpha value is -2.37. The highest BCUT2D eigenvalue weighted by molar-refractivity contribution is 5.84. The van der Waals surface area contributed by atoms with Crippen LogP contribution in [0.25, 0.3) is 0 Å². The summed E-state index contributed by atoms with van der Waals surface area (Å²) in [4.78, 5) is 10.6. The molecule has 6 nitrogen and oxygen atoms in total. The zero-order valence-electron chi connectivity index (χ0n) is 8.24. The van der Waals surface area contributed by atoms with Gasteiger partial charge in [0.2, 0.25) is 0 Å². The molecule has 0 bridgehead atoms. The van der Waals surface area contributed by atoms with Crippen LogP contribution >= 0.6 is 0 Å². The average Bonchev–Trinajstić information content (AvgIpc) is 2.66. The lowest BCUT2D eigenvalue weighted by molar-refractivity contribution is 0.0690. The fourth-order valence-electron chi connectivity index (χ4n) is 1.32. The van der Waals surface area contributed by atoms with Gasteiger partial charge in [-0.05, 0) is 17.7 Å². The van der Waals surface area contributed by atoms with Gasteiger partial charge in [-0.25, -0.2) is 9.48 Å². The van der Waals surface area contributed by atoms with Gasteiger partial charge in [-0.1, -0.05) is 17.3 Å². The van der Waals surface area contributed by atoms with Crippen LogP contribution in [-0.4, -0.2) is 31.2 Å². The predicted octanol–water partition coefficient (Wildman–Crippen LogP) is 0.730. The number of aromatic hydroxyl groups is 1. The van der Waals surface area contributed by atoms with Crippen LogP contribution < -0.4 is 0 Å². The van der Waals surface area contributed by atoms with E-state index in [4.69, 9.17) is 5.11 Å². The van der Waals surface area contributed by atoms with Crippen molar-refractivity contribution in [1.29, 1.82) is 0 Å². The number of phenols is 1. The molecule has 1 heterocycles. The third kappa shape index (κ3) is 2.17. The molecule has 1 aromatic carbocycles. The van der Waals surface area contributed by atoms with E-state index in [9.17, 15) is 9.90 Å². The Bertz CT molecular complexity index is 522. The number of hydrogen-bond donors (Lipinski definition) is 2. The molecule has 0 saturated carbocycles. The van der Waals surface area contributed by atoms with E-state index in [1.807, 2.05) is 6.07 Å². The van der Waals surface area contributed by atoms with Gasteiger partial charge in [-0.3, -0.25) is 0 Å². The molecule has 6 heteroatoms. The van der Waals surface area contributed by atoms with E-state index in [0.29, 0.717) is 6.54 Å². The van der Waals surface area contributed by atoms with Crippen molar-refractivity contribution >= 4 is 5.97 Å². The lowest BCUT2D eigenvalue weighted by Crippen LogP contribution is -2.00. The number of aromatic carboxylic acids is 1. The van der Waals surface area contributed by atoms with Crippen LogP contribution in [0, 0.1) is 0 Å². The quantitative estimate of drug-likeness (QED) is 0.794. The highest BCUT2D eigenvalue weighted by Crippen LogP contribution is 2.11. The molecule has 0 fully saturated rings. The Morgan fingerprint density at radius 2 is 2.25 bits per heavy atom. The fraction of sp³-hybridized carbons (Fsp3) is 0.100. The van der Waals surface area contributed by atoms with Gasteiger partial charge in [-0.2, -0.15) is 0 Å². The number of carboxylic acids is 1. The van der Waals surface area contributed by atoms with Gasteiger partial charge in [0.25, 0.3) is 0 Å². The van der Waals surface area contributed by atoms with Crippen LogP contribution in [0.4, 0.5) is 0 Å². The number of aromatic nitrogens is 3. The van der Waals surface area contributed by atoms with Crippen molar-refractivity contribution in [3.05, 3.63) is 41.7 Å². The lowest BCUT2D eigenvalue weighted by Gasteiger charge is -2.00. The molecule has 82 valence electrons. The molecule has 2 rings (SSSR count). The molecular formula is C10H9N3O3. The summed E-state index contributed by atoms with van der Waals surface area (Å²) in [5, 5.41) is 25.0. The van der Waals surface area contributed by atoms with E-state index in [-0.39, 0.29) is 11.4 Å². The summed E-state index contributed by atoms with van der Waals surface area (Å²) in [6, 6.07) is 6.66. The molecule has 0 unspecified atom stereocenters. The first-order chi connectivity index (χ1) is 7.65. The summed E-state index contributed by atoms with van der Waals surface area (Å²) >= 11 is 0. The minimum absolute atomic E-state index is 0.0971. The van der Waals surface area contributed by atoms with Gasteiger partial charge in [0.05, 0.1) is 12.7 Å². The van der Waals surface area contributed by atoms with Gasteiger partial charge in [-0.15, -0.1) is 5.10 Å². The van der Waals surface area contributed by atoms with Crippen LogP contribution in [0.15, 0.2) is 30.5 Å². The first-order valence-electron chi connectivity index (χ1n) is 4.56. The maximum absolute atomic E-state index is 10.6. The average molecular weight is 219 g/mol. The molecule has 0 spiro atoms. The van der Waals surface area contributed by atoms with Crippen molar-refractivity contribution in [2.75, 3.05) is 0 Å². The first kappa shape index (κ1) is 10.2. The normalized spacial score (nSPS) is 10.2. The summed E-state index contributed by atoms with van der Waals surface area (Å²) in [6.45, 7) is 0.370. The van der Waals surface area contributed by atoms with E-state index in [1.54, 1.807) is 18.2 Å². The highest BCUT2D eigenvalue weighted by Gasteiger charge is 2.08. The zero-order valence-corrected chi connectivity index (χ0v) is 8.24. The topological polar surface area (TPSA) is 88.2 Å². The van der Waals surface area contributed by atoms with Crippen molar-refractivity contribution in [2.24, 2.45) is 0 Å². The van der Waals surface area contributed by atoms with E-state index < -0.39 is 5.97 Å². The maximum atomic E-state index is 10.6. The Kier molecular flexibility index (Phi) is 2.55. The molecule has 0 aliphatic rings. The van der Waals surface area contributed by atoms with Gasteiger partial charge in [0.1, 0.15) is 5.75 Å². The van der Waals surface area contributed by atoms with Crippen molar-refractivity contribution in [3.8, 4) is 5.75 Å². The van der Waals surface area contributed by atoms with Gasteiger partial charge in [0, 0.05) is 0 Å². The maximum Gasteiger partial charge on any atom is 0.358 e. The molecule has 0 aliphatic heterocycles. The van der Waals surface area contributed by atoms with Crippen LogP contribution in [0.1, 0.15) is 16.1 Å². The Morgan fingerprint density at radius 1 is 1.44 bits per heavy atom. The monoisotopic (exact) mass is 219 g/mol. The summed E-state index contributed by atoms with van der Waals surface area (Å²) in [6.07, 6.45) is 1.34. The Morgan fingerprint density at radius 3 is 2.88 bits per heavy atom. The zero-order chi connectivity index (χ0) is 11.5. The highest BCUT2D eigenvalue weighted by atomic mass is 16.4. The van der Waals surface area contributed by atoms with Crippen molar-refractivity contribution in [3.63, 3.8) is 0 Å². The molecule has 0 amide bonds. The first-order valence-corrected chi connectivity index (χ1v) is 4.56. The number of rotatable bonds is 3. The number of hydrogen-bond acceptors (Lipinski definition) is 4. The predicted molar refractivity (Wildman–Crippen MR) is 54.2 cm³/mol. The third-order valence-electron chi connectivity index (χ3n) is 2.01. The largest absolute Gasteiger partial charge is 0.508 e. The van der Waals surface area contributed by atoms with Crippen LogP contribution in [0.5, 0.6) is 5.75 Å². The SMILES string of the molecule is O=C(O)c1cn(Cc2cccc(O)c2)nn1. The second-order valence-corrected chi connectivity index (χ2v) is 3.28. The molecule has 16 heavy (non-hydrogen) atoms. The summed E-state index contributed by atoms with van der Waals surface area (Å²) in [5.74, 6) is -0.946. The molecule has 2 N–H and O–H groups in total. The Labute approximate surface area is 90.8 Å². The molecule has 0 saturated heterocycles. The number of carbonyl (C=O) groups is 1. The second kappa shape index (κ2) is 4.01. The van der Waals surface area contributed by atoms with Crippen LogP contribution in [0.2, 0.25) is 0 Å².